The molecule has 2 aromatic rings. The van der Waals surface area contributed by atoms with Crippen LogP contribution < -0.4 is 9.47 Å². The molecule has 5 heteroatoms. The van der Waals surface area contributed by atoms with E-state index in [4.69, 9.17) is 9.47 Å². The van der Waals surface area contributed by atoms with Crippen molar-refractivity contribution in [1.82, 2.24) is 4.90 Å². The van der Waals surface area contributed by atoms with Crippen LogP contribution in [0.1, 0.15) is 25.0 Å². The van der Waals surface area contributed by atoms with E-state index in [1.807, 2.05) is 18.2 Å². The van der Waals surface area contributed by atoms with Gasteiger partial charge >= 0.3 is 0 Å². The van der Waals surface area contributed by atoms with E-state index >= 15 is 0 Å². The summed E-state index contributed by atoms with van der Waals surface area (Å²) in [6.45, 7) is 6.43. The summed E-state index contributed by atoms with van der Waals surface area (Å²) in [5.74, 6) is 3.68. The summed E-state index contributed by atoms with van der Waals surface area (Å²) in [5, 5.41) is 9.57. The minimum Gasteiger partial charge on any atom is -0.508 e. The molecule has 2 heterocycles. The van der Waals surface area contributed by atoms with Crippen molar-refractivity contribution >= 4 is 11.8 Å². The van der Waals surface area contributed by atoms with Gasteiger partial charge < -0.3 is 14.6 Å². The molecule has 0 amide bonds. The molecule has 0 aliphatic carbocycles. The molecule has 0 radical (unpaired) electrons. The Hall–Kier alpha value is -1.85. The molecule has 2 atom stereocenters. The summed E-state index contributed by atoms with van der Waals surface area (Å²) in [6, 6.07) is 13.5. The number of aromatic hydroxyl groups is 1. The first-order chi connectivity index (χ1) is 12.7. The number of hydrogen-bond donors (Lipinski definition) is 1. The van der Waals surface area contributed by atoms with E-state index in [2.05, 4.69) is 24.0 Å². The summed E-state index contributed by atoms with van der Waals surface area (Å²) in [5.41, 5.74) is 1.15. The van der Waals surface area contributed by atoms with Crippen LogP contribution in [0.2, 0.25) is 0 Å². The van der Waals surface area contributed by atoms with Gasteiger partial charge in [0, 0.05) is 18.8 Å². The zero-order chi connectivity index (χ0) is 17.9. The maximum absolute atomic E-state index is 9.57. The van der Waals surface area contributed by atoms with E-state index in [0.717, 1.165) is 46.8 Å². The Bertz CT molecular complexity index is 749. The number of fused-ring (bicyclic) bond motifs is 1. The Morgan fingerprint density at radius 3 is 2.85 bits per heavy atom. The number of phenolic OH excluding ortho intramolecular Hbond substituents is 1. The van der Waals surface area contributed by atoms with Gasteiger partial charge in [0.1, 0.15) is 30.0 Å². The zero-order valence-electron chi connectivity index (χ0n) is 15.1. The van der Waals surface area contributed by atoms with E-state index in [1.165, 1.54) is 19.5 Å². The quantitative estimate of drug-likeness (QED) is 0.847. The van der Waals surface area contributed by atoms with Gasteiger partial charge in [0.05, 0.1) is 4.90 Å². The predicted octanol–water partition coefficient (Wildman–Crippen LogP) is 4.34. The van der Waals surface area contributed by atoms with Gasteiger partial charge in [-0.1, -0.05) is 19.1 Å². The average Bonchev–Trinajstić information content (AvgIpc) is 3.07. The molecule has 1 N–H and O–H groups in total. The first-order valence-electron chi connectivity index (χ1n) is 9.25. The largest absolute Gasteiger partial charge is 0.508 e. The van der Waals surface area contributed by atoms with Crippen molar-refractivity contribution < 1.29 is 14.6 Å². The van der Waals surface area contributed by atoms with Crippen LogP contribution in [0.4, 0.5) is 0 Å². The van der Waals surface area contributed by atoms with Crippen LogP contribution in [-0.4, -0.2) is 42.0 Å². The first-order valence-corrected chi connectivity index (χ1v) is 10.2. The van der Waals surface area contributed by atoms with Crippen molar-refractivity contribution in [3.05, 3.63) is 48.0 Å². The average molecular weight is 372 g/mol. The van der Waals surface area contributed by atoms with E-state index in [9.17, 15) is 5.11 Å². The number of thioether (sulfide) groups is 1. The molecule has 2 aliphatic heterocycles. The van der Waals surface area contributed by atoms with Crippen LogP contribution in [0.5, 0.6) is 17.2 Å². The maximum atomic E-state index is 9.57. The minimum absolute atomic E-state index is 0.0252. The highest BCUT2D eigenvalue weighted by molar-refractivity contribution is 7.99. The van der Waals surface area contributed by atoms with Crippen molar-refractivity contribution in [3.8, 4) is 17.2 Å². The molecule has 26 heavy (non-hydrogen) atoms. The Kier molecular flexibility index (Phi) is 5.27. The van der Waals surface area contributed by atoms with E-state index < -0.39 is 0 Å². The molecule has 4 nitrogen and oxygen atoms in total. The Labute approximate surface area is 159 Å². The molecule has 4 rings (SSSR count). The van der Waals surface area contributed by atoms with E-state index in [0.29, 0.717) is 0 Å². The van der Waals surface area contributed by atoms with Gasteiger partial charge in [-0.25, -0.2) is 0 Å². The van der Waals surface area contributed by atoms with Gasteiger partial charge in [-0.05, 0) is 54.8 Å². The normalized spacial score (nSPS) is 22.7. The third kappa shape index (κ3) is 4.10. The standard InChI is InChI=1S/C21H25NO3S/c1-15-8-9-22(13-15)10-11-24-18-5-2-16(3-6-18)20-14-26-21-12-17(23)4-7-19(21)25-20/h2-7,12,15,20,23H,8-11,13-14H2,1H3/t15-,20+/m0/s1. The molecular weight excluding hydrogens is 346 g/mol. The van der Waals surface area contributed by atoms with Crippen LogP contribution in [-0.2, 0) is 0 Å². The monoisotopic (exact) mass is 371 g/mol. The van der Waals surface area contributed by atoms with Crippen LogP contribution in [0, 0.1) is 5.92 Å². The highest BCUT2D eigenvalue weighted by atomic mass is 32.2. The highest BCUT2D eigenvalue weighted by Crippen LogP contribution is 2.42. The van der Waals surface area contributed by atoms with E-state index in [1.54, 1.807) is 23.9 Å². The molecule has 2 aromatic carbocycles. The van der Waals surface area contributed by atoms with Crippen molar-refractivity contribution in [1.29, 1.82) is 0 Å². The molecule has 0 spiro atoms. The SMILES string of the molecule is C[C@H]1CCN(CCOc2ccc([C@H]3CSc4cc(O)ccc4O3)cc2)C1. The predicted molar refractivity (Wildman–Crippen MR) is 104 cm³/mol. The summed E-state index contributed by atoms with van der Waals surface area (Å²) >= 11 is 1.72. The topological polar surface area (TPSA) is 41.9 Å². The summed E-state index contributed by atoms with van der Waals surface area (Å²) in [7, 11) is 0. The van der Waals surface area contributed by atoms with Gasteiger partial charge in [0.2, 0.25) is 0 Å². The number of likely N-dealkylation sites (tertiary alicyclic amines) is 1. The van der Waals surface area contributed by atoms with Crippen molar-refractivity contribution in [2.75, 3.05) is 32.0 Å². The molecule has 2 aliphatic rings. The number of benzene rings is 2. The van der Waals surface area contributed by atoms with Crippen LogP contribution in [0.25, 0.3) is 0 Å². The smallest absolute Gasteiger partial charge is 0.134 e. The second-order valence-electron chi connectivity index (χ2n) is 7.16. The lowest BCUT2D eigenvalue weighted by molar-refractivity contribution is 0.219. The second-order valence-corrected chi connectivity index (χ2v) is 8.22. The third-order valence-electron chi connectivity index (χ3n) is 5.02. The molecule has 1 saturated heterocycles. The summed E-state index contributed by atoms with van der Waals surface area (Å²) in [4.78, 5) is 3.47. The summed E-state index contributed by atoms with van der Waals surface area (Å²) in [6.07, 6.45) is 1.33. The lowest BCUT2D eigenvalue weighted by Gasteiger charge is -2.26. The van der Waals surface area contributed by atoms with Crippen LogP contribution in [0.3, 0.4) is 0 Å². The van der Waals surface area contributed by atoms with Crippen molar-refractivity contribution in [3.63, 3.8) is 0 Å². The molecule has 138 valence electrons. The van der Waals surface area contributed by atoms with E-state index in [-0.39, 0.29) is 11.9 Å². The fourth-order valence-corrected chi connectivity index (χ4v) is 4.58. The Morgan fingerprint density at radius 1 is 1.23 bits per heavy atom. The lowest BCUT2D eigenvalue weighted by atomic mass is 10.1. The molecule has 0 aromatic heterocycles. The van der Waals surface area contributed by atoms with Gasteiger partial charge in [-0.2, -0.15) is 0 Å². The number of ether oxygens (including phenoxy) is 2. The molecule has 0 bridgehead atoms. The highest BCUT2D eigenvalue weighted by Gasteiger charge is 2.22. The third-order valence-corrected chi connectivity index (χ3v) is 6.12. The number of rotatable bonds is 5. The second kappa shape index (κ2) is 7.80. The molecule has 0 saturated carbocycles. The van der Waals surface area contributed by atoms with Gasteiger partial charge in [0.15, 0.2) is 0 Å². The first kappa shape index (κ1) is 17.6. The Balaban J connectivity index is 1.31. The van der Waals surface area contributed by atoms with Crippen LogP contribution >= 0.6 is 11.8 Å². The molecule has 0 unspecified atom stereocenters. The van der Waals surface area contributed by atoms with Crippen LogP contribution in [0.15, 0.2) is 47.4 Å². The molecule has 1 fully saturated rings. The van der Waals surface area contributed by atoms with Gasteiger partial charge in [-0.15, -0.1) is 11.8 Å². The number of nitrogens with zero attached hydrogens (tertiary/aromatic N) is 1. The fourth-order valence-electron chi connectivity index (χ4n) is 3.52. The minimum atomic E-state index is 0.0252. The molecular formula is C21H25NO3S. The zero-order valence-corrected chi connectivity index (χ0v) is 15.9. The maximum Gasteiger partial charge on any atom is 0.134 e. The Morgan fingerprint density at radius 2 is 2.08 bits per heavy atom. The van der Waals surface area contributed by atoms with Crippen molar-refractivity contribution in [2.45, 2.75) is 24.3 Å². The lowest BCUT2D eigenvalue weighted by Crippen LogP contribution is -2.25. The van der Waals surface area contributed by atoms with Gasteiger partial charge in [0.25, 0.3) is 0 Å². The van der Waals surface area contributed by atoms with Crippen molar-refractivity contribution in [2.24, 2.45) is 5.92 Å². The number of hydrogen-bond acceptors (Lipinski definition) is 5. The summed E-state index contributed by atoms with van der Waals surface area (Å²) < 4.78 is 12.0. The fraction of sp³-hybridized carbons (Fsp3) is 0.429. The number of phenols is 1. The van der Waals surface area contributed by atoms with Gasteiger partial charge in [-0.3, -0.25) is 4.90 Å².